The second kappa shape index (κ2) is 8.29. The van der Waals surface area contributed by atoms with Crippen molar-refractivity contribution in [1.82, 2.24) is 0 Å². The number of ether oxygens (including phenoxy) is 2. The standard InChI is InChI=1S/C10H13O3.ClH.Zn/c1-2-5-12-10(3-1)13-8-9-4-6-11-7-9;;/h6-7,10H,1-3,5,8H2;1H;/q-1;;+2/p-1. The Bertz CT molecular complexity index is 235. The van der Waals surface area contributed by atoms with E-state index < -0.39 is 0 Å². The third kappa shape index (κ3) is 5.12. The molecule has 1 fully saturated rings. The van der Waals surface area contributed by atoms with E-state index in [1.807, 2.05) is 0 Å². The molecule has 0 saturated carbocycles. The Morgan fingerprint density at radius 1 is 1.53 bits per heavy atom. The summed E-state index contributed by atoms with van der Waals surface area (Å²) < 4.78 is 15.8. The molecule has 2 heterocycles. The molecular weight excluding hydrogens is 269 g/mol. The topological polar surface area (TPSA) is 31.6 Å². The smallest absolute Gasteiger partial charge is 0.157 e. The molecular formula is C10H13ClO3Zn. The van der Waals surface area contributed by atoms with Crippen LogP contribution in [0.3, 0.4) is 0 Å². The monoisotopic (exact) mass is 280 g/mol. The van der Waals surface area contributed by atoms with Crippen molar-refractivity contribution in [3.05, 3.63) is 24.2 Å². The second-order valence-corrected chi connectivity index (χ2v) is 3.15. The summed E-state index contributed by atoms with van der Waals surface area (Å²) in [5.74, 6) is 0. The van der Waals surface area contributed by atoms with E-state index in [4.69, 9.17) is 23.6 Å². The molecule has 2 rings (SSSR count). The van der Waals surface area contributed by atoms with Crippen LogP contribution in [0.1, 0.15) is 24.8 Å². The zero-order chi connectivity index (χ0) is 10.9. The van der Waals surface area contributed by atoms with Gasteiger partial charge in [-0.2, -0.15) is 5.56 Å². The van der Waals surface area contributed by atoms with Gasteiger partial charge in [0.1, 0.15) is 0 Å². The molecule has 0 spiro atoms. The van der Waals surface area contributed by atoms with E-state index >= 15 is 0 Å². The van der Waals surface area contributed by atoms with Gasteiger partial charge in [-0.25, -0.2) is 6.07 Å². The van der Waals surface area contributed by atoms with E-state index in [2.05, 4.69) is 6.07 Å². The molecule has 0 aliphatic carbocycles. The molecule has 80 valence electrons. The van der Waals surface area contributed by atoms with Gasteiger partial charge in [-0.15, -0.1) is 0 Å². The normalized spacial score (nSPS) is 20.6. The van der Waals surface area contributed by atoms with Crippen molar-refractivity contribution >= 4 is 9.69 Å². The second-order valence-electron chi connectivity index (χ2n) is 3.15. The average molecular weight is 282 g/mol. The van der Waals surface area contributed by atoms with Gasteiger partial charge in [0.2, 0.25) is 0 Å². The third-order valence-electron chi connectivity index (χ3n) is 2.09. The van der Waals surface area contributed by atoms with Crippen molar-refractivity contribution in [2.24, 2.45) is 0 Å². The first-order valence-electron chi connectivity index (χ1n) is 4.88. The maximum atomic E-state index is 5.51. The first-order chi connectivity index (χ1) is 7.45. The van der Waals surface area contributed by atoms with Gasteiger partial charge >= 0.3 is 27.0 Å². The van der Waals surface area contributed by atoms with Crippen LogP contribution in [0.2, 0.25) is 0 Å². The summed E-state index contributed by atoms with van der Waals surface area (Å²) >= 11 is 0.847. The van der Waals surface area contributed by atoms with Gasteiger partial charge in [0.25, 0.3) is 0 Å². The fourth-order valence-electron chi connectivity index (χ4n) is 1.36. The first kappa shape index (κ1) is 13.2. The Labute approximate surface area is 104 Å². The average Bonchev–Trinajstić information content (AvgIpc) is 2.83. The van der Waals surface area contributed by atoms with E-state index in [0.717, 1.165) is 42.3 Å². The predicted octanol–water partition coefficient (Wildman–Crippen LogP) is 2.81. The number of furan rings is 1. The summed E-state index contributed by atoms with van der Waals surface area (Å²) in [7, 11) is 4.76. The zero-order valence-electron chi connectivity index (χ0n) is 8.58. The summed E-state index contributed by atoms with van der Waals surface area (Å²) in [5, 5.41) is 0. The number of hydrogen-bond acceptors (Lipinski definition) is 3. The largest absolute Gasteiger partial charge is 0.576 e. The van der Waals surface area contributed by atoms with Gasteiger partial charge < -0.3 is 13.9 Å². The minimum Gasteiger partial charge on any atom is -0.576 e. The third-order valence-corrected chi connectivity index (χ3v) is 2.09. The molecule has 0 N–H and O–H groups in total. The van der Waals surface area contributed by atoms with Gasteiger partial charge in [0, 0.05) is 13.2 Å². The van der Waals surface area contributed by atoms with Gasteiger partial charge in [0.05, 0.1) is 0 Å². The van der Waals surface area contributed by atoms with E-state index in [0.29, 0.717) is 6.61 Å². The molecule has 0 radical (unpaired) electrons. The number of halogens is 1. The minimum atomic E-state index is -0.0305. The maximum absolute atomic E-state index is 5.51. The van der Waals surface area contributed by atoms with Crippen molar-refractivity contribution in [2.75, 3.05) is 6.61 Å². The van der Waals surface area contributed by atoms with Crippen LogP contribution in [0.15, 0.2) is 16.9 Å². The van der Waals surface area contributed by atoms with Crippen LogP contribution in [0.5, 0.6) is 0 Å². The molecule has 1 aromatic heterocycles. The molecule has 1 aromatic rings. The van der Waals surface area contributed by atoms with Crippen molar-refractivity contribution in [3.8, 4) is 0 Å². The van der Waals surface area contributed by atoms with Crippen molar-refractivity contribution in [2.45, 2.75) is 32.2 Å². The Balaban J connectivity index is 0.000000531. The molecule has 0 bridgehead atoms. The summed E-state index contributed by atoms with van der Waals surface area (Å²) in [5.41, 5.74) is 0.939. The summed E-state index contributed by atoms with van der Waals surface area (Å²) in [6, 6.07) is 2.93. The Hall–Kier alpha value is 0.113. The van der Waals surface area contributed by atoms with E-state index in [1.54, 1.807) is 6.26 Å². The molecule has 1 unspecified atom stereocenters. The van der Waals surface area contributed by atoms with Crippen LogP contribution in [0, 0.1) is 6.07 Å². The SMILES string of the molecule is [Cl][Zn+].[c-]1cocc1COC1CCCCO1. The molecule has 3 nitrogen and oxygen atoms in total. The Kier molecular flexibility index (Phi) is 7.28. The summed E-state index contributed by atoms with van der Waals surface area (Å²) in [4.78, 5) is 0. The van der Waals surface area contributed by atoms with Crippen molar-refractivity contribution in [1.29, 1.82) is 0 Å². The molecule has 15 heavy (non-hydrogen) atoms. The molecule has 0 amide bonds. The fourth-order valence-corrected chi connectivity index (χ4v) is 1.36. The molecule has 1 saturated heterocycles. The molecule has 1 aliphatic heterocycles. The van der Waals surface area contributed by atoms with Gasteiger partial charge in [-0.3, -0.25) is 0 Å². The number of rotatable bonds is 3. The van der Waals surface area contributed by atoms with Crippen LogP contribution < -0.4 is 0 Å². The summed E-state index contributed by atoms with van der Waals surface area (Å²) in [6.45, 7) is 1.35. The fraction of sp³-hybridized carbons (Fsp3) is 0.600. The molecule has 1 aliphatic rings. The van der Waals surface area contributed by atoms with E-state index in [1.165, 1.54) is 12.7 Å². The van der Waals surface area contributed by atoms with Gasteiger partial charge in [-0.05, 0) is 25.5 Å². The van der Waals surface area contributed by atoms with Crippen LogP contribution in [-0.2, 0) is 33.4 Å². The molecule has 5 heteroatoms. The van der Waals surface area contributed by atoms with Crippen LogP contribution in [0.4, 0.5) is 0 Å². The van der Waals surface area contributed by atoms with Crippen molar-refractivity contribution < 1.29 is 31.2 Å². The number of hydrogen-bond donors (Lipinski definition) is 0. The minimum absolute atomic E-state index is 0.0305. The van der Waals surface area contributed by atoms with Crippen molar-refractivity contribution in [3.63, 3.8) is 0 Å². The Morgan fingerprint density at radius 3 is 3.00 bits per heavy atom. The maximum Gasteiger partial charge on any atom is 0.157 e. The first-order valence-corrected chi connectivity index (χ1v) is 8.78. The van der Waals surface area contributed by atoms with E-state index in [-0.39, 0.29) is 6.29 Å². The molecule has 0 aromatic carbocycles. The van der Waals surface area contributed by atoms with Crippen LogP contribution >= 0.6 is 9.69 Å². The van der Waals surface area contributed by atoms with Gasteiger partial charge in [-0.1, -0.05) is 6.26 Å². The Morgan fingerprint density at radius 2 is 2.40 bits per heavy atom. The van der Waals surface area contributed by atoms with E-state index in [9.17, 15) is 0 Å². The zero-order valence-corrected chi connectivity index (χ0v) is 12.3. The van der Waals surface area contributed by atoms with Gasteiger partial charge in [0.15, 0.2) is 6.29 Å². The van der Waals surface area contributed by atoms with Crippen LogP contribution in [0.25, 0.3) is 0 Å². The quantitative estimate of drug-likeness (QED) is 0.631. The summed E-state index contributed by atoms with van der Waals surface area (Å²) in [6.07, 6.45) is 6.48. The predicted molar refractivity (Wildman–Crippen MR) is 51.8 cm³/mol. The van der Waals surface area contributed by atoms with Crippen LogP contribution in [-0.4, -0.2) is 12.9 Å². The molecule has 1 atom stereocenters.